The number of esters is 1. The van der Waals surface area contributed by atoms with E-state index in [0.717, 1.165) is 23.3 Å². The van der Waals surface area contributed by atoms with Gasteiger partial charge in [0.2, 0.25) is 0 Å². The van der Waals surface area contributed by atoms with Gasteiger partial charge >= 0.3 is 12.1 Å². The van der Waals surface area contributed by atoms with E-state index in [1.54, 1.807) is 0 Å². The summed E-state index contributed by atoms with van der Waals surface area (Å²) in [6, 6.07) is 46.0. The fourth-order valence-electron chi connectivity index (χ4n) is 6.39. The Morgan fingerprint density at radius 3 is 1.21 bits per heavy atom. The Bertz CT molecular complexity index is 2370. The summed E-state index contributed by atoms with van der Waals surface area (Å²) < 4.78 is 11.2. The van der Waals surface area contributed by atoms with Crippen molar-refractivity contribution in [3.63, 3.8) is 0 Å². The molecule has 61 heavy (non-hydrogen) atoms. The minimum atomic E-state index is -0.540. The minimum absolute atomic E-state index is 0.0317. The van der Waals surface area contributed by atoms with Crippen LogP contribution < -0.4 is 5.32 Å². The van der Waals surface area contributed by atoms with Crippen LogP contribution in [0.2, 0.25) is 0 Å². The van der Waals surface area contributed by atoms with E-state index in [2.05, 4.69) is 139 Å². The molecule has 308 valence electrons. The van der Waals surface area contributed by atoms with Crippen LogP contribution in [0.25, 0.3) is 0 Å². The van der Waals surface area contributed by atoms with Gasteiger partial charge in [-0.15, -0.1) is 35.3 Å². The van der Waals surface area contributed by atoms with Crippen LogP contribution in [0.1, 0.15) is 0 Å². The molecular weight excluding hydrogens is 931 g/mol. The molecule has 0 spiro atoms. The van der Waals surface area contributed by atoms with Gasteiger partial charge < -0.3 is 14.8 Å². The first kappa shape index (κ1) is 43.2. The van der Waals surface area contributed by atoms with Crippen LogP contribution in [0.4, 0.5) is 4.79 Å². The van der Waals surface area contributed by atoms with Gasteiger partial charge in [0.25, 0.3) is 0 Å². The number of ether oxygens (including phenoxy) is 2. The average molecular weight is 968 g/mol. The molecule has 5 nitrogen and oxygen atoms in total. The van der Waals surface area contributed by atoms with Gasteiger partial charge in [-0.25, -0.2) is 9.59 Å². The van der Waals surface area contributed by atoms with Gasteiger partial charge in [0, 0.05) is 102 Å². The zero-order chi connectivity index (χ0) is 41.6. The van der Waals surface area contributed by atoms with Gasteiger partial charge in [-0.3, -0.25) is 0 Å². The average Bonchev–Trinajstić information content (AvgIpc) is 3.30. The molecule has 0 aliphatic carbocycles. The first-order valence-electron chi connectivity index (χ1n) is 19.2. The van der Waals surface area contributed by atoms with Crippen LogP contribution in [0.5, 0.6) is 0 Å². The lowest BCUT2D eigenvalue weighted by Crippen LogP contribution is -2.39. The predicted molar refractivity (Wildman–Crippen MR) is 259 cm³/mol. The molecule has 0 unspecified atom stereocenters. The van der Waals surface area contributed by atoms with Gasteiger partial charge in [0.1, 0.15) is 13.2 Å². The number of carbonyl (C=O) groups excluding carboxylic acids is 2. The number of nitrogens with one attached hydrogen (secondary N) is 1. The summed E-state index contributed by atoms with van der Waals surface area (Å²) in [4.78, 5) is 43.7. The van der Waals surface area contributed by atoms with Crippen molar-refractivity contribution < 1.29 is 19.1 Å². The van der Waals surface area contributed by atoms with E-state index in [-0.39, 0.29) is 19.8 Å². The third-order valence-electron chi connectivity index (χ3n) is 9.54. The maximum Gasteiger partial charge on any atom is 0.407 e. The number of rotatable bonds is 15. The lowest BCUT2D eigenvalue weighted by Gasteiger charge is -2.33. The van der Waals surface area contributed by atoms with Crippen molar-refractivity contribution in [1.29, 1.82) is 0 Å². The Hall–Kier alpha value is -3.05. The van der Waals surface area contributed by atoms with Crippen LogP contribution in [0.3, 0.4) is 0 Å². The maximum absolute atomic E-state index is 13.3. The van der Waals surface area contributed by atoms with E-state index in [4.69, 9.17) is 9.47 Å². The number of alkyl carbamates (subject to hydrolysis) is 1. The molecular formula is C47H37NO4S9. The summed E-state index contributed by atoms with van der Waals surface area (Å²) in [6.45, 7) is 3.81. The fraction of sp³-hybridized carbons (Fsp3) is 0.149. The Labute approximate surface area is 394 Å². The molecule has 14 heteroatoms. The predicted octanol–water partition coefficient (Wildman–Crippen LogP) is 14.7. The summed E-state index contributed by atoms with van der Waals surface area (Å²) in [5.74, 6) is 1.62. The second-order valence-electron chi connectivity index (χ2n) is 14.0. The van der Waals surface area contributed by atoms with E-state index < -0.39 is 17.5 Å². The summed E-state index contributed by atoms with van der Waals surface area (Å²) in [5, 5.41) is 2.77. The Balaban J connectivity index is 0.982. The molecule has 1 amide bonds. The molecule has 3 aliphatic heterocycles. The standard InChI is InChI=1S/C47H37NO4S9/c1-2-45(49)51-22-21-48-46(50)52-26-47(27-53-30-15-18-39-42(23-30)59-36-12-6-3-9-33(36)56-39,28-54-31-16-19-40-43(24-31)60-37-13-7-4-10-34(37)57-40)29-55-32-17-20-41-44(25-32)61-38-14-8-5-11-35(38)58-41/h2-20,23-25H,1,21-22,26-29H2,(H,48,50). The monoisotopic (exact) mass is 967 g/mol. The number of hydrogen-bond donors (Lipinski definition) is 1. The third kappa shape index (κ3) is 10.8. The van der Waals surface area contributed by atoms with E-state index >= 15 is 0 Å². The highest BCUT2D eigenvalue weighted by atomic mass is 32.2. The molecule has 0 fully saturated rings. The van der Waals surface area contributed by atoms with Crippen LogP contribution in [-0.2, 0) is 14.3 Å². The number of carbonyl (C=O) groups is 2. The van der Waals surface area contributed by atoms with Crippen LogP contribution >= 0.6 is 106 Å². The number of thioether (sulfide) groups is 3. The van der Waals surface area contributed by atoms with Crippen molar-refractivity contribution in [3.05, 3.63) is 140 Å². The molecule has 0 atom stereocenters. The van der Waals surface area contributed by atoms with Gasteiger partial charge in [-0.05, 0) is 91.0 Å². The second kappa shape index (κ2) is 20.2. The molecule has 9 rings (SSSR count). The molecule has 0 saturated carbocycles. The van der Waals surface area contributed by atoms with Crippen molar-refractivity contribution >= 4 is 118 Å². The van der Waals surface area contributed by atoms with Crippen molar-refractivity contribution in [1.82, 2.24) is 5.32 Å². The Morgan fingerprint density at radius 1 is 0.508 bits per heavy atom. The molecule has 0 bridgehead atoms. The van der Waals surface area contributed by atoms with Crippen LogP contribution in [0, 0.1) is 5.41 Å². The highest BCUT2D eigenvalue weighted by Crippen LogP contribution is 2.52. The Morgan fingerprint density at radius 2 is 0.852 bits per heavy atom. The molecule has 3 aliphatic rings. The van der Waals surface area contributed by atoms with Crippen molar-refractivity contribution in [3.8, 4) is 0 Å². The van der Waals surface area contributed by atoms with Crippen LogP contribution in [0.15, 0.2) is 213 Å². The first-order valence-corrected chi connectivity index (χ1v) is 27.1. The third-order valence-corrected chi connectivity index (χ3v) is 21.2. The summed E-state index contributed by atoms with van der Waals surface area (Å²) in [5.41, 5.74) is -0.453. The fourth-order valence-corrected chi connectivity index (χ4v) is 17.1. The molecule has 6 aromatic rings. The van der Waals surface area contributed by atoms with Gasteiger partial charge in [0.05, 0.1) is 6.54 Å². The van der Waals surface area contributed by atoms with E-state index in [1.807, 2.05) is 106 Å². The lowest BCUT2D eigenvalue weighted by molar-refractivity contribution is -0.137. The van der Waals surface area contributed by atoms with E-state index in [1.165, 1.54) is 73.4 Å². The van der Waals surface area contributed by atoms with Crippen molar-refractivity contribution in [2.24, 2.45) is 5.41 Å². The van der Waals surface area contributed by atoms with Gasteiger partial charge in [-0.2, -0.15) is 0 Å². The van der Waals surface area contributed by atoms with Crippen LogP contribution in [-0.4, -0.2) is 49.1 Å². The molecule has 1 N–H and O–H groups in total. The van der Waals surface area contributed by atoms with E-state index in [9.17, 15) is 9.59 Å². The Kier molecular flexibility index (Phi) is 14.3. The largest absolute Gasteiger partial charge is 0.461 e. The molecule has 3 heterocycles. The second-order valence-corrected chi connectivity index (χ2v) is 23.7. The summed E-state index contributed by atoms with van der Waals surface area (Å²) in [7, 11) is 0. The molecule has 0 radical (unpaired) electrons. The van der Waals surface area contributed by atoms with Gasteiger partial charge in [0.15, 0.2) is 0 Å². The maximum atomic E-state index is 13.3. The highest BCUT2D eigenvalue weighted by Gasteiger charge is 2.34. The number of fused-ring (bicyclic) bond motifs is 6. The SMILES string of the molecule is C=CC(=O)OCCNC(=O)OCC(CSc1ccc2c(c1)Sc1ccccc1S2)(CSc1ccc2c(c1)Sc1ccccc1S2)CSc1ccc2c(c1)Sc1ccccc1S2. The van der Waals surface area contributed by atoms with Crippen molar-refractivity contribution in [2.75, 3.05) is 37.0 Å². The minimum Gasteiger partial charge on any atom is -0.461 e. The quantitative estimate of drug-likeness (QED) is 0.0460. The zero-order valence-corrected chi connectivity index (χ0v) is 39.8. The number of benzene rings is 6. The summed E-state index contributed by atoms with van der Waals surface area (Å²) in [6.07, 6.45) is 0.568. The number of amides is 1. The van der Waals surface area contributed by atoms with Gasteiger partial charge in [-0.1, -0.05) is 114 Å². The molecule has 0 saturated heterocycles. The normalized spacial score (nSPS) is 13.3. The number of hydrogen-bond acceptors (Lipinski definition) is 13. The summed E-state index contributed by atoms with van der Waals surface area (Å²) >= 11 is 16.4. The first-order chi connectivity index (χ1) is 29.9. The zero-order valence-electron chi connectivity index (χ0n) is 32.5. The smallest absolute Gasteiger partial charge is 0.407 e. The van der Waals surface area contributed by atoms with Crippen molar-refractivity contribution in [2.45, 2.75) is 73.4 Å². The molecule has 0 aromatic heterocycles. The topological polar surface area (TPSA) is 64.6 Å². The van der Waals surface area contributed by atoms with E-state index in [0.29, 0.717) is 0 Å². The highest BCUT2D eigenvalue weighted by molar-refractivity contribution is 8.06. The lowest BCUT2D eigenvalue weighted by atomic mass is 9.97. The molecule has 6 aromatic carbocycles.